The zero-order chi connectivity index (χ0) is 7.44. The van der Waals surface area contributed by atoms with E-state index in [1.54, 1.807) is 13.6 Å². The van der Waals surface area contributed by atoms with Crippen LogP contribution in [-0.2, 0) is 9.32 Å². The van der Waals surface area contributed by atoms with Crippen LogP contribution in [0.2, 0.25) is 0 Å². The van der Waals surface area contributed by atoms with Crippen molar-refractivity contribution in [2.45, 2.75) is 20.0 Å². The summed E-state index contributed by atoms with van der Waals surface area (Å²) in [7, 11) is 4.43. The summed E-state index contributed by atoms with van der Waals surface area (Å²) in [5.41, 5.74) is 0. The van der Waals surface area contributed by atoms with Gasteiger partial charge >= 0.3 is 0 Å². The highest BCUT2D eigenvalue weighted by Gasteiger charge is 2.07. The molecular weight excluding hydrogens is 134 g/mol. The van der Waals surface area contributed by atoms with E-state index in [9.17, 15) is 4.79 Å². The SMILES string of the molecule is [B]P(C)O[C@@H](C)C(C)=O. The van der Waals surface area contributed by atoms with Gasteiger partial charge in [-0.25, -0.2) is 0 Å². The van der Waals surface area contributed by atoms with Gasteiger partial charge < -0.3 is 4.52 Å². The fourth-order valence-electron chi connectivity index (χ4n) is 0.324. The molecule has 0 spiro atoms. The summed E-state index contributed by atoms with van der Waals surface area (Å²) >= 11 is 0. The van der Waals surface area contributed by atoms with Crippen LogP contribution in [0, 0.1) is 0 Å². The van der Waals surface area contributed by atoms with E-state index in [2.05, 4.69) is 0 Å². The second kappa shape index (κ2) is 4.02. The largest absolute Gasteiger partial charge is 0.360 e. The molecule has 2 radical (unpaired) electrons. The summed E-state index contributed by atoms with van der Waals surface area (Å²) in [5, 5.41) is 0. The first-order valence-corrected chi connectivity index (χ1v) is 4.47. The number of carbonyl (C=O) groups is 1. The second-order valence-electron chi connectivity index (χ2n) is 1.90. The first-order chi connectivity index (χ1) is 4.04. The maximum atomic E-state index is 10.5. The van der Waals surface area contributed by atoms with Crippen molar-refractivity contribution >= 4 is 21.4 Å². The van der Waals surface area contributed by atoms with Crippen LogP contribution < -0.4 is 0 Å². The van der Waals surface area contributed by atoms with Gasteiger partial charge in [-0.05, 0) is 28.5 Å². The second-order valence-corrected chi connectivity index (χ2v) is 3.21. The first kappa shape index (κ1) is 9.12. The summed E-state index contributed by atoms with van der Waals surface area (Å²) < 4.78 is 5.00. The molecule has 0 amide bonds. The number of carbonyl (C=O) groups excluding carboxylic acids is 1. The van der Waals surface area contributed by atoms with Crippen molar-refractivity contribution in [3.05, 3.63) is 0 Å². The van der Waals surface area contributed by atoms with Crippen LogP contribution in [0.25, 0.3) is 0 Å². The summed E-state index contributed by atoms with van der Waals surface area (Å²) in [6.07, 6.45) is -0.342. The van der Waals surface area contributed by atoms with E-state index in [1.807, 2.05) is 0 Å². The number of ketones is 1. The Balaban J connectivity index is 3.50. The van der Waals surface area contributed by atoms with Gasteiger partial charge in [-0.2, -0.15) is 0 Å². The molecule has 9 heavy (non-hydrogen) atoms. The zero-order valence-corrected chi connectivity index (χ0v) is 6.81. The van der Waals surface area contributed by atoms with Crippen molar-refractivity contribution in [2.24, 2.45) is 0 Å². The van der Waals surface area contributed by atoms with E-state index in [0.717, 1.165) is 0 Å². The highest BCUT2D eigenvalue weighted by molar-refractivity contribution is 7.77. The normalized spacial score (nSPS) is 16.8. The van der Waals surface area contributed by atoms with Crippen molar-refractivity contribution < 1.29 is 9.32 Å². The quantitative estimate of drug-likeness (QED) is 0.437. The molecule has 0 heterocycles. The molecule has 2 atom stereocenters. The number of Topliss-reactive ketones (excluding diaryl/α,β-unsaturated/α-hetero) is 1. The highest BCUT2D eigenvalue weighted by Crippen LogP contribution is 2.26. The summed E-state index contributed by atoms with van der Waals surface area (Å²) in [5.74, 6) is 0.0230. The lowest BCUT2D eigenvalue weighted by Crippen LogP contribution is -2.14. The standard InChI is InChI=1S/C5H10BO2P/c1-4(7)5(2)8-9(3)6/h5H,1-3H3/t5-,9?/m0/s1. The van der Waals surface area contributed by atoms with Crippen LogP contribution >= 0.6 is 8.03 Å². The maximum Gasteiger partial charge on any atom is 0.158 e. The van der Waals surface area contributed by atoms with Gasteiger partial charge in [0.05, 0.1) is 0 Å². The van der Waals surface area contributed by atoms with Crippen molar-refractivity contribution in [3.63, 3.8) is 0 Å². The van der Waals surface area contributed by atoms with Crippen molar-refractivity contribution in [1.82, 2.24) is 0 Å². The van der Waals surface area contributed by atoms with Crippen LogP contribution in [0.4, 0.5) is 0 Å². The molecule has 0 aromatic rings. The molecule has 0 fully saturated rings. The van der Waals surface area contributed by atoms with Gasteiger partial charge in [0.1, 0.15) is 13.7 Å². The van der Waals surface area contributed by atoms with Crippen LogP contribution in [0.1, 0.15) is 13.8 Å². The predicted molar refractivity (Wildman–Crippen MR) is 39.8 cm³/mol. The Morgan fingerprint density at radius 3 is 2.33 bits per heavy atom. The average molecular weight is 144 g/mol. The number of hydrogen-bond donors (Lipinski definition) is 0. The maximum absolute atomic E-state index is 10.5. The topological polar surface area (TPSA) is 26.3 Å². The molecule has 0 aromatic heterocycles. The first-order valence-electron chi connectivity index (χ1n) is 2.69. The molecule has 0 aliphatic carbocycles. The summed E-state index contributed by atoms with van der Waals surface area (Å²) in [4.78, 5) is 10.5. The lowest BCUT2D eigenvalue weighted by atomic mass is 10.3. The molecule has 1 unspecified atom stereocenters. The summed E-state index contributed by atoms with van der Waals surface area (Å²) in [6, 6.07) is 0. The molecule has 0 rings (SSSR count). The third kappa shape index (κ3) is 4.62. The monoisotopic (exact) mass is 144 g/mol. The van der Waals surface area contributed by atoms with Gasteiger partial charge in [-0.15, -0.1) is 0 Å². The third-order valence-corrected chi connectivity index (χ3v) is 1.55. The van der Waals surface area contributed by atoms with E-state index in [1.165, 1.54) is 6.92 Å². The van der Waals surface area contributed by atoms with Crippen LogP contribution in [0.15, 0.2) is 0 Å². The minimum absolute atomic E-state index is 0.0230. The van der Waals surface area contributed by atoms with Crippen LogP contribution in [0.3, 0.4) is 0 Å². The smallest absolute Gasteiger partial charge is 0.158 e. The van der Waals surface area contributed by atoms with E-state index in [0.29, 0.717) is 0 Å². The van der Waals surface area contributed by atoms with Gasteiger partial charge in [0, 0.05) is 0 Å². The van der Waals surface area contributed by atoms with Crippen LogP contribution in [0.5, 0.6) is 0 Å². The van der Waals surface area contributed by atoms with Gasteiger partial charge in [0.2, 0.25) is 0 Å². The Morgan fingerprint density at radius 2 is 2.22 bits per heavy atom. The van der Waals surface area contributed by atoms with Gasteiger partial charge in [-0.3, -0.25) is 4.79 Å². The zero-order valence-electron chi connectivity index (χ0n) is 5.92. The van der Waals surface area contributed by atoms with E-state index < -0.39 is 8.03 Å². The Hall–Kier alpha value is 0.125. The third-order valence-electron chi connectivity index (χ3n) is 0.897. The Bertz CT molecular complexity index is 105. The van der Waals surface area contributed by atoms with Crippen LogP contribution in [-0.4, -0.2) is 26.1 Å². The lowest BCUT2D eigenvalue weighted by molar-refractivity contribution is -0.122. The molecule has 0 N–H and O–H groups in total. The number of hydrogen-bond acceptors (Lipinski definition) is 2. The average Bonchev–Trinajstić information content (AvgIpc) is 1.63. The van der Waals surface area contributed by atoms with E-state index >= 15 is 0 Å². The minimum atomic E-state index is -0.893. The van der Waals surface area contributed by atoms with Gasteiger partial charge in [-0.1, -0.05) is 0 Å². The lowest BCUT2D eigenvalue weighted by Gasteiger charge is -2.12. The van der Waals surface area contributed by atoms with E-state index in [-0.39, 0.29) is 11.9 Å². The Morgan fingerprint density at radius 1 is 1.78 bits per heavy atom. The summed E-state index contributed by atoms with van der Waals surface area (Å²) in [6.45, 7) is 4.95. The molecule has 4 heteroatoms. The van der Waals surface area contributed by atoms with Crippen molar-refractivity contribution in [2.75, 3.05) is 6.66 Å². The predicted octanol–water partition coefficient (Wildman–Crippen LogP) is 1.09. The molecule has 2 nitrogen and oxygen atoms in total. The van der Waals surface area contributed by atoms with Gasteiger partial charge in [0.15, 0.2) is 5.78 Å². The molecule has 0 aliphatic heterocycles. The molecule has 0 saturated heterocycles. The molecule has 0 aliphatic rings. The number of rotatable bonds is 3. The molecule has 0 saturated carbocycles. The van der Waals surface area contributed by atoms with Crippen molar-refractivity contribution in [3.8, 4) is 0 Å². The Labute approximate surface area is 58.2 Å². The highest BCUT2D eigenvalue weighted by atomic mass is 31.1. The van der Waals surface area contributed by atoms with Crippen molar-refractivity contribution in [1.29, 1.82) is 0 Å². The molecule has 0 bridgehead atoms. The Kier molecular flexibility index (Phi) is 4.08. The van der Waals surface area contributed by atoms with Gasteiger partial charge in [0.25, 0.3) is 0 Å². The fraction of sp³-hybridized carbons (Fsp3) is 0.800. The fourth-order valence-corrected chi connectivity index (χ4v) is 0.971. The minimum Gasteiger partial charge on any atom is -0.360 e. The molecule has 50 valence electrons. The molecular formula is C5H10BO2P. The van der Waals surface area contributed by atoms with E-state index in [4.69, 9.17) is 12.1 Å². The molecule has 0 aromatic carbocycles.